The average Bonchev–Trinajstić information content (AvgIpc) is 2.62. The molecule has 1 aliphatic rings. The number of para-hydroxylation sites is 1. The number of rotatable bonds is 6. The van der Waals surface area contributed by atoms with Gasteiger partial charge in [-0.1, -0.05) is 31.5 Å². The van der Waals surface area contributed by atoms with Gasteiger partial charge in [-0.3, -0.25) is 4.79 Å². The van der Waals surface area contributed by atoms with E-state index in [1.54, 1.807) is 0 Å². The number of benzene rings is 1. The fourth-order valence-corrected chi connectivity index (χ4v) is 3.11. The van der Waals surface area contributed by atoms with Crippen molar-refractivity contribution in [3.05, 3.63) is 53.2 Å². The van der Waals surface area contributed by atoms with Crippen LogP contribution >= 0.6 is 0 Å². The molecular formula is C20H25N3O. The van der Waals surface area contributed by atoms with Gasteiger partial charge in [0.1, 0.15) is 5.82 Å². The van der Waals surface area contributed by atoms with Crippen molar-refractivity contribution in [1.29, 1.82) is 0 Å². The Hall–Kier alpha value is -2.36. The van der Waals surface area contributed by atoms with Gasteiger partial charge in [0, 0.05) is 23.5 Å². The molecule has 4 heteroatoms. The van der Waals surface area contributed by atoms with Gasteiger partial charge < -0.3 is 10.6 Å². The van der Waals surface area contributed by atoms with Gasteiger partial charge >= 0.3 is 0 Å². The van der Waals surface area contributed by atoms with E-state index in [-0.39, 0.29) is 5.91 Å². The fraction of sp³-hybridized carbons (Fsp3) is 0.400. The first-order valence-electron chi connectivity index (χ1n) is 8.91. The minimum Gasteiger partial charge on any atom is -0.352 e. The Morgan fingerprint density at radius 1 is 1.17 bits per heavy atom. The van der Waals surface area contributed by atoms with Crippen LogP contribution in [0.15, 0.2) is 36.4 Å². The number of carbonyl (C=O) groups excluding carboxylic acids is 1. The molecule has 1 aliphatic carbocycles. The Kier molecular flexibility index (Phi) is 5.47. The van der Waals surface area contributed by atoms with Gasteiger partial charge in [0.2, 0.25) is 0 Å². The summed E-state index contributed by atoms with van der Waals surface area (Å²) in [5, 5.41) is 6.37. The summed E-state index contributed by atoms with van der Waals surface area (Å²) < 4.78 is 0. The number of amides is 1. The number of nitrogens with zero attached hydrogens (tertiary/aromatic N) is 1. The van der Waals surface area contributed by atoms with Crippen LogP contribution in [0.4, 0.5) is 11.5 Å². The molecule has 126 valence electrons. The van der Waals surface area contributed by atoms with Crippen molar-refractivity contribution in [2.24, 2.45) is 0 Å². The van der Waals surface area contributed by atoms with Crippen LogP contribution < -0.4 is 10.6 Å². The van der Waals surface area contributed by atoms with Crippen LogP contribution in [0.5, 0.6) is 0 Å². The number of hydrogen-bond acceptors (Lipinski definition) is 3. The number of hydrogen-bond donors (Lipinski definition) is 2. The van der Waals surface area contributed by atoms with Crippen LogP contribution in [0.2, 0.25) is 0 Å². The number of unbranched alkanes of at least 4 members (excludes halogenated alkanes) is 1. The number of pyridine rings is 1. The molecule has 2 N–H and O–H groups in total. The number of anilines is 2. The Balaban J connectivity index is 1.88. The van der Waals surface area contributed by atoms with E-state index in [0.717, 1.165) is 73.4 Å². The lowest BCUT2D eigenvalue weighted by molar-refractivity contribution is 0.0952. The van der Waals surface area contributed by atoms with E-state index in [1.807, 2.05) is 36.4 Å². The van der Waals surface area contributed by atoms with Crippen molar-refractivity contribution in [1.82, 2.24) is 10.3 Å². The molecule has 0 saturated heterocycles. The predicted octanol–water partition coefficient (Wildman–Crippen LogP) is 4.23. The lowest BCUT2D eigenvalue weighted by Gasteiger charge is -2.20. The van der Waals surface area contributed by atoms with Crippen LogP contribution in [-0.4, -0.2) is 17.4 Å². The van der Waals surface area contributed by atoms with Crippen LogP contribution in [0.25, 0.3) is 0 Å². The number of fused-ring (bicyclic) bond motifs is 1. The maximum absolute atomic E-state index is 12.6. The number of aryl methyl sites for hydroxylation is 1. The average molecular weight is 323 g/mol. The first-order valence-corrected chi connectivity index (χ1v) is 8.91. The lowest BCUT2D eigenvalue weighted by Crippen LogP contribution is -2.27. The van der Waals surface area contributed by atoms with Crippen molar-refractivity contribution in [2.75, 3.05) is 11.9 Å². The lowest BCUT2D eigenvalue weighted by atomic mass is 9.91. The van der Waals surface area contributed by atoms with Gasteiger partial charge in [0.15, 0.2) is 0 Å². The molecule has 3 rings (SSSR count). The van der Waals surface area contributed by atoms with Crippen molar-refractivity contribution < 1.29 is 4.79 Å². The third-order valence-electron chi connectivity index (χ3n) is 4.41. The van der Waals surface area contributed by atoms with E-state index in [0.29, 0.717) is 0 Å². The molecule has 0 aliphatic heterocycles. The Morgan fingerprint density at radius 2 is 1.96 bits per heavy atom. The number of nitrogens with one attached hydrogen (secondary N) is 2. The summed E-state index contributed by atoms with van der Waals surface area (Å²) >= 11 is 0. The molecule has 1 aromatic carbocycles. The summed E-state index contributed by atoms with van der Waals surface area (Å²) in [5.74, 6) is 0.780. The van der Waals surface area contributed by atoms with Crippen LogP contribution in [0.1, 0.15) is 54.2 Å². The van der Waals surface area contributed by atoms with Gasteiger partial charge in [0.05, 0.1) is 0 Å². The maximum Gasteiger partial charge on any atom is 0.251 e. The molecule has 1 amide bonds. The van der Waals surface area contributed by atoms with E-state index in [1.165, 1.54) is 0 Å². The Labute approximate surface area is 143 Å². The quantitative estimate of drug-likeness (QED) is 0.782. The molecular weight excluding hydrogens is 298 g/mol. The smallest absolute Gasteiger partial charge is 0.251 e. The van der Waals surface area contributed by atoms with E-state index < -0.39 is 0 Å². The molecule has 0 radical (unpaired) electrons. The third kappa shape index (κ3) is 3.94. The first-order chi connectivity index (χ1) is 11.8. The van der Waals surface area contributed by atoms with Gasteiger partial charge in [-0.2, -0.15) is 0 Å². The summed E-state index contributed by atoms with van der Waals surface area (Å²) in [7, 11) is 0. The third-order valence-corrected chi connectivity index (χ3v) is 4.41. The molecule has 1 heterocycles. The second-order valence-corrected chi connectivity index (χ2v) is 6.29. The van der Waals surface area contributed by atoms with Crippen molar-refractivity contribution in [3.8, 4) is 0 Å². The second-order valence-electron chi connectivity index (χ2n) is 6.29. The molecule has 4 nitrogen and oxygen atoms in total. The zero-order valence-corrected chi connectivity index (χ0v) is 14.3. The largest absolute Gasteiger partial charge is 0.352 e. The van der Waals surface area contributed by atoms with Crippen molar-refractivity contribution in [2.45, 2.75) is 45.4 Å². The van der Waals surface area contributed by atoms with E-state index >= 15 is 0 Å². The van der Waals surface area contributed by atoms with Crippen LogP contribution in [-0.2, 0) is 12.8 Å². The molecule has 0 bridgehead atoms. The minimum atomic E-state index is 0.0279. The Bertz CT molecular complexity index is 698. The molecule has 0 atom stereocenters. The summed E-state index contributed by atoms with van der Waals surface area (Å²) in [5.41, 5.74) is 3.98. The van der Waals surface area contributed by atoms with E-state index in [4.69, 9.17) is 4.98 Å². The highest BCUT2D eigenvalue weighted by Gasteiger charge is 2.20. The zero-order valence-electron chi connectivity index (χ0n) is 14.3. The fourth-order valence-electron chi connectivity index (χ4n) is 3.11. The van der Waals surface area contributed by atoms with E-state index in [2.05, 4.69) is 17.6 Å². The predicted molar refractivity (Wildman–Crippen MR) is 97.8 cm³/mol. The molecule has 0 saturated carbocycles. The van der Waals surface area contributed by atoms with Gasteiger partial charge in [-0.15, -0.1) is 0 Å². The van der Waals surface area contributed by atoms with Gasteiger partial charge in [0.25, 0.3) is 5.91 Å². The highest BCUT2D eigenvalue weighted by molar-refractivity contribution is 5.96. The molecule has 0 fully saturated rings. The molecule has 0 unspecified atom stereocenters. The summed E-state index contributed by atoms with van der Waals surface area (Å²) in [6, 6.07) is 11.9. The van der Waals surface area contributed by atoms with Crippen LogP contribution in [0, 0.1) is 0 Å². The summed E-state index contributed by atoms with van der Waals surface area (Å²) in [6.45, 7) is 2.86. The topological polar surface area (TPSA) is 54.0 Å². The van der Waals surface area contributed by atoms with E-state index in [9.17, 15) is 4.79 Å². The number of aromatic nitrogens is 1. The molecule has 24 heavy (non-hydrogen) atoms. The highest BCUT2D eigenvalue weighted by Crippen LogP contribution is 2.27. The zero-order chi connectivity index (χ0) is 16.8. The molecule has 1 aromatic heterocycles. The van der Waals surface area contributed by atoms with Crippen molar-refractivity contribution >= 4 is 17.4 Å². The summed E-state index contributed by atoms with van der Waals surface area (Å²) in [6.07, 6.45) is 6.27. The van der Waals surface area contributed by atoms with Gasteiger partial charge in [-0.25, -0.2) is 4.98 Å². The summed E-state index contributed by atoms with van der Waals surface area (Å²) in [4.78, 5) is 17.4. The highest BCUT2D eigenvalue weighted by atomic mass is 16.1. The normalized spacial score (nSPS) is 13.2. The standard InChI is InChI=1S/C20H25N3O/c1-2-3-13-21-20(24)17-14-19(22-15-9-5-4-6-10-15)23-18-12-8-7-11-16(17)18/h4-6,9-10,14H,2-3,7-8,11-13H2,1H3,(H,21,24)(H,22,23). The molecule has 2 aromatic rings. The SMILES string of the molecule is CCCCNC(=O)c1cc(Nc2ccccc2)nc2c1CCCC2. The van der Waals surface area contributed by atoms with Crippen molar-refractivity contribution in [3.63, 3.8) is 0 Å². The monoisotopic (exact) mass is 323 g/mol. The Morgan fingerprint density at radius 3 is 2.75 bits per heavy atom. The first kappa shape index (κ1) is 16.5. The van der Waals surface area contributed by atoms with Crippen LogP contribution in [0.3, 0.4) is 0 Å². The number of carbonyl (C=O) groups is 1. The van der Waals surface area contributed by atoms with Gasteiger partial charge in [-0.05, 0) is 55.9 Å². The maximum atomic E-state index is 12.6. The second kappa shape index (κ2) is 7.95. The minimum absolute atomic E-state index is 0.0279. The molecule has 0 spiro atoms.